The largest absolute Gasteiger partial charge is 0.465 e. The fourth-order valence-corrected chi connectivity index (χ4v) is 1.96. The van der Waals surface area contributed by atoms with E-state index in [4.69, 9.17) is 11.6 Å². The fourth-order valence-electron chi connectivity index (χ4n) is 1.76. The Morgan fingerprint density at radius 2 is 2.00 bits per heavy atom. The molecule has 2 aromatic carbocycles. The van der Waals surface area contributed by atoms with Crippen molar-refractivity contribution in [1.29, 1.82) is 0 Å². The number of rotatable bonds is 4. The van der Waals surface area contributed by atoms with Gasteiger partial charge in [0, 0.05) is 23.9 Å². The summed E-state index contributed by atoms with van der Waals surface area (Å²) in [6.45, 7) is 0.147. The molecular weight excluding hydrogens is 300 g/mol. The minimum absolute atomic E-state index is 0.147. The quantitative estimate of drug-likeness (QED) is 0.867. The lowest BCUT2D eigenvalue weighted by molar-refractivity contribution is 0.0601. The van der Waals surface area contributed by atoms with Crippen molar-refractivity contribution in [3.05, 3.63) is 64.2 Å². The van der Waals surface area contributed by atoms with Crippen molar-refractivity contribution >= 4 is 23.3 Å². The number of hydrogen-bond acceptors (Lipinski definition) is 3. The standard InChI is InChI=1S/C15H12ClF2NO2/c1-21-15(20)12-7-11(4-5-13(12)16)19-8-9-2-3-10(17)6-14(9)18/h2-7,19H,8H2,1H3. The number of halogens is 3. The maximum Gasteiger partial charge on any atom is 0.339 e. The van der Waals surface area contributed by atoms with E-state index in [1.54, 1.807) is 6.07 Å². The molecule has 6 heteroatoms. The predicted octanol–water partition coefficient (Wildman–Crippen LogP) is 4.02. The van der Waals surface area contributed by atoms with E-state index in [2.05, 4.69) is 10.1 Å². The van der Waals surface area contributed by atoms with Crippen LogP contribution in [0, 0.1) is 11.6 Å². The van der Waals surface area contributed by atoms with Crippen molar-refractivity contribution in [3.8, 4) is 0 Å². The first-order chi connectivity index (χ1) is 10.0. The zero-order valence-electron chi connectivity index (χ0n) is 11.1. The van der Waals surface area contributed by atoms with Gasteiger partial charge in [0.1, 0.15) is 11.6 Å². The lowest BCUT2D eigenvalue weighted by Crippen LogP contribution is -2.06. The van der Waals surface area contributed by atoms with Crippen molar-refractivity contribution < 1.29 is 18.3 Å². The number of carbonyl (C=O) groups is 1. The predicted molar refractivity (Wildman–Crippen MR) is 76.5 cm³/mol. The zero-order chi connectivity index (χ0) is 15.4. The highest BCUT2D eigenvalue weighted by Crippen LogP contribution is 2.22. The van der Waals surface area contributed by atoms with Gasteiger partial charge in [0.15, 0.2) is 0 Å². The molecule has 0 aromatic heterocycles. The third-order valence-electron chi connectivity index (χ3n) is 2.87. The molecule has 21 heavy (non-hydrogen) atoms. The molecule has 0 unspecified atom stereocenters. The first-order valence-corrected chi connectivity index (χ1v) is 6.44. The Hall–Kier alpha value is -2.14. The zero-order valence-corrected chi connectivity index (χ0v) is 11.9. The molecule has 0 aliphatic heterocycles. The van der Waals surface area contributed by atoms with Gasteiger partial charge in [-0.3, -0.25) is 0 Å². The number of esters is 1. The van der Waals surface area contributed by atoms with Gasteiger partial charge in [-0.25, -0.2) is 13.6 Å². The molecule has 0 heterocycles. The topological polar surface area (TPSA) is 38.3 Å². The number of carbonyl (C=O) groups excluding carboxylic acids is 1. The molecule has 0 aliphatic carbocycles. The monoisotopic (exact) mass is 311 g/mol. The van der Waals surface area contributed by atoms with Crippen LogP contribution in [0.3, 0.4) is 0 Å². The van der Waals surface area contributed by atoms with Crippen LogP contribution in [0.5, 0.6) is 0 Å². The molecule has 0 aliphatic rings. The number of ether oxygens (including phenoxy) is 1. The van der Waals surface area contributed by atoms with Gasteiger partial charge in [0.2, 0.25) is 0 Å². The van der Waals surface area contributed by atoms with Crippen LogP contribution >= 0.6 is 11.6 Å². The van der Waals surface area contributed by atoms with E-state index in [0.29, 0.717) is 11.3 Å². The van der Waals surface area contributed by atoms with Crippen LogP contribution in [0.4, 0.5) is 14.5 Å². The van der Waals surface area contributed by atoms with E-state index >= 15 is 0 Å². The fraction of sp³-hybridized carbons (Fsp3) is 0.133. The van der Waals surface area contributed by atoms with Crippen molar-refractivity contribution in [1.82, 2.24) is 0 Å². The van der Waals surface area contributed by atoms with Crippen molar-refractivity contribution in [2.45, 2.75) is 6.54 Å². The second-order valence-corrected chi connectivity index (χ2v) is 4.68. The molecule has 0 atom stereocenters. The average molecular weight is 312 g/mol. The third-order valence-corrected chi connectivity index (χ3v) is 3.20. The van der Waals surface area contributed by atoms with Crippen LogP contribution < -0.4 is 5.32 Å². The van der Waals surface area contributed by atoms with E-state index in [9.17, 15) is 13.6 Å². The molecule has 0 saturated heterocycles. The second kappa shape index (κ2) is 6.54. The number of benzene rings is 2. The minimum Gasteiger partial charge on any atom is -0.465 e. The first-order valence-electron chi connectivity index (χ1n) is 6.07. The maximum atomic E-state index is 13.5. The molecule has 0 spiro atoms. The van der Waals surface area contributed by atoms with Crippen molar-refractivity contribution in [3.63, 3.8) is 0 Å². The molecule has 0 bridgehead atoms. The van der Waals surface area contributed by atoms with Crippen LogP contribution in [0.15, 0.2) is 36.4 Å². The van der Waals surface area contributed by atoms with E-state index in [1.807, 2.05) is 0 Å². The molecule has 0 saturated carbocycles. The number of anilines is 1. The summed E-state index contributed by atoms with van der Waals surface area (Å²) in [5.41, 5.74) is 1.10. The Morgan fingerprint density at radius 1 is 1.24 bits per heavy atom. The Balaban J connectivity index is 2.15. The van der Waals surface area contributed by atoms with Crippen LogP contribution in [0.1, 0.15) is 15.9 Å². The summed E-state index contributed by atoms with van der Waals surface area (Å²) in [5.74, 6) is -1.82. The smallest absolute Gasteiger partial charge is 0.339 e. The lowest BCUT2D eigenvalue weighted by atomic mass is 10.1. The number of hydrogen-bond donors (Lipinski definition) is 1. The Kier molecular flexibility index (Phi) is 4.75. The van der Waals surface area contributed by atoms with E-state index in [-0.39, 0.29) is 17.1 Å². The highest BCUT2D eigenvalue weighted by Gasteiger charge is 2.11. The summed E-state index contributed by atoms with van der Waals surface area (Å²) in [7, 11) is 1.26. The molecule has 110 valence electrons. The average Bonchev–Trinajstić information content (AvgIpc) is 2.47. The molecule has 3 nitrogen and oxygen atoms in total. The second-order valence-electron chi connectivity index (χ2n) is 4.28. The van der Waals surface area contributed by atoms with E-state index in [0.717, 1.165) is 6.07 Å². The van der Waals surface area contributed by atoms with Gasteiger partial charge >= 0.3 is 5.97 Å². The summed E-state index contributed by atoms with van der Waals surface area (Å²) in [5, 5.41) is 3.20. The van der Waals surface area contributed by atoms with Gasteiger partial charge in [-0.2, -0.15) is 0 Å². The van der Waals surface area contributed by atoms with Crippen molar-refractivity contribution in [2.75, 3.05) is 12.4 Å². The van der Waals surface area contributed by atoms with E-state index < -0.39 is 17.6 Å². The molecule has 0 fully saturated rings. The molecule has 2 rings (SSSR count). The summed E-state index contributed by atoms with van der Waals surface area (Å²) in [4.78, 5) is 11.5. The van der Waals surface area contributed by atoms with Crippen molar-refractivity contribution in [2.24, 2.45) is 0 Å². The molecule has 1 N–H and O–H groups in total. The Morgan fingerprint density at radius 3 is 2.67 bits per heavy atom. The number of nitrogens with one attached hydrogen (secondary N) is 1. The van der Waals surface area contributed by atoms with Crippen LogP contribution in [-0.4, -0.2) is 13.1 Å². The van der Waals surface area contributed by atoms with Gasteiger partial charge in [-0.05, 0) is 24.3 Å². The summed E-state index contributed by atoms with van der Waals surface area (Å²) < 4.78 is 30.9. The summed E-state index contributed by atoms with van der Waals surface area (Å²) >= 11 is 5.90. The molecule has 0 radical (unpaired) electrons. The highest BCUT2D eigenvalue weighted by molar-refractivity contribution is 6.33. The van der Waals surface area contributed by atoms with Gasteiger partial charge < -0.3 is 10.1 Å². The molecule has 0 amide bonds. The molecule has 2 aromatic rings. The number of methoxy groups -OCH3 is 1. The normalized spacial score (nSPS) is 10.3. The Labute approximate surface area is 125 Å². The van der Waals surface area contributed by atoms with E-state index in [1.165, 1.54) is 31.4 Å². The Bertz CT molecular complexity index is 677. The van der Waals surface area contributed by atoms with Gasteiger partial charge in [0.05, 0.1) is 17.7 Å². The third kappa shape index (κ3) is 3.70. The van der Waals surface area contributed by atoms with Gasteiger partial charge in [0.25, 0.3) is 0 Å². The van der Waals surface area contributed by atoms with Gasteiger partial charge in [-0.1, -0.05) is 17.7 Å². The highest BCUT2D eigenvalue weighted by atomic mass is 35.5. The van der Waals surface area contributed by atoms with Gasteiger partial charge in [-0.15, -0.1) is 0 Å². The minimum atomic E-state index is -0.635. The molecular formula is C15H12ClF2NO2. The summed E-state index contributed by atoms with van der Waals surface area (Å²) in [6.07, 6.45) is 0. The van der Waals surface area contributed by atoms with Crippen LogP contribution in [0.25, 0.3) is 0 Å². The maximum absolute atomic E-state index is 13.5. The van der Waals surface area contributed by atoms with Crippen LogP contribution in [0.2, 0.25) is 5.02 Å². The lowest BCUT2D eigenvalue weighted by Gasteiger charge is -2.10. The SMILES string of the molecule is COC(=O)c1cc(NCc2ccc(F)cc2F)ccc1Cl. The summed E-state index contributed by atoms with van der Waals surface area (Å²) in [6, 6.07) is 8.05. The first kappa shape index (κ1) is 15.3. The van der Waals surface area contributed by atoms with Crippen LogP contribution in [-0.2, 0) is 11.3 Å².